The summed E-state index contributed by atoms with van der Waals surface area (Å²) in [6.45, 7) is 3.74. The highest BCUT2D eigenvalue weighted by molar-refractivity contribution is 9.10. The van der Waals surface area contributed by atoms with Crippen molar-refractivity contribution in [1.82, 2.24) is 10.2 Å². The van der Waals surface area contributed by atoms with Gasteiger partial charge in [0.25, 0.3) is 0 Å². The quantitative estimate of drug-likeness (QED) is 0.729. The van der Waals surface area contributed by atoms with Crippen molar-refractivity contribution < 1.29 is 8.42 Å². The summed E-state index contributed by atoms with van der Waals surface area (Å²) < 4.78 is 25.6. The average Bonchev–Trinajstić information content (AvgIpc) is 2.52. The standard InChI is InChI=1S/C16H25BrN2O2S.ClH/c1-18-9-6-14-7-10-19(11-8-14)12-13-22(20,21)16-4-2-15(17)3-5-16;/h2-5,14,18H,6-13H2,1H3;1H. The zero-order valence-corrected chi connectivity index (χ0v) is 16.7. The summed E-state index contributed by atoms with van der Waals surface area (Å²) in [5.74, 6) is 0.988. The molecule has 132 valence electrons. The minimum Gasteiger partial charge on any atom is -0.320 e. The first-order valence-corrected chi connectivity index (χ1v) is 10.3. The van der Waals surface area contributed by atoms with Gasteiger partial charge in [-0.1, -0.05) is 15.9 Å². The van der Waals surface area contributed by atoms with Crippen LogP contribution in [0.1, 0.15) is 19.3 Å². The maximum absolute atomic E-state index is 12.3. The molecule has 0 amide bonds. The van der Waals surface area contributed by atoms with Gasteiger partial charge in [-0.3, -0.25) is 0 Å². The molecule has 4 nitrogen and oxygen atoms in total. The molecule has 0 radical (unpaired) electrons. The van der Waals surface area contributed by atoms with E-state index in [9.17, 15) is 8.42 Å². The molecule has 7 heteroatoms. The summed E-state index contributed by atoms with van der Waals surface area (Å²) in [5.41, 5.74) is 0. The second-order valence-corrected chi connectivity index (χ2v) is 8.97. The first kappa shape index (κ1) is 20.9. The van der Waals surface area contributed by atoms with Crippen LogP contribution in [0.25, 0.3) is 0 Å². The zero-order valence-electron chi connectivity index (χ0n) is 13.5. The fourth-order valence-electron chi connectivity index (χ4n) is 2.86. The minimum absolute atomic E-state index is 0. The number of piperidine rings is 1. The van der Waals surface area contributed by atoms with Gasteiger partial charge in [0, 0.05) is 11.0 Å². The maximum Gasteiger partial charge on any atom is 0.179 e. The van der Waals surface area contributed by atoms with Crippen LogP contribution in [0.3, 0.4) is 0 Å². The summed E-state index contributed by atoms with van der Waals surface area (Å²) in [5, 5.41) is 3.20. The van der Waals surface area contributed by atoms with Gasteiger partial charge in [-0.2, -0.15) is 0 Å². The molecule has 1 aliphatic rings. The number of rotatable bonds is 7. The molecule has 1 aromatic carbocycles. The van der Waals surface area contributed by atoms with E-state index in [1.54, 1.807) is 24.3 Å². The van der Waals surface area contributed by atoms with Gasteiger partial charge >= 0.3 is 0 Å². The molecule has 0 saturated carbocycles. The van der Waals surface area contributed by atoms with Crippen molar-refractivity contribution in [3.63, 3.8) is 0 Å². The molecule has 0 unspecified atom stereocenters. The normalized spacial score (nSPS) is 17.0. The van der Waals surface area contributed by atoms with Gasteiger partial charge in [0.15, 0.2) is 9.84 Å². The summed E-state index contributed by atoms with van der Waals surface area (Å²) in [4.78, 5) is 2.70. The maximum atomic E-state index is 12.3. The Morgan fingerprint density at radius 2 is 1.83 bits per heavy atom. The Balaban J connectivity index is 0.00000264. The third kappa shape index (κ3) is 6.70. The lowest BCUT2D eigenvalue weighted by Gasteiger charge is -2.31. The Bertz CT molecular complexity index is 558. The van der Waals surface area contributed by atoms with Crippen LogP contribution in [0.2, 0.25) is 0 Å². The monoisotopic (exact) mass is 424 g/mol. The Kier molecular flexibility index (Phi) is 9.08. The molecule has 1 saturated heterocycles. The number of nitrogens with one attached hydrogen (secondary N) is 1. The third-order valence-electron chi connectivity index (χ3n) is 4.36. The molecule has 23 heavy (non-hydrogen) atoms. The van der Waals surface area contributed by atoms with E-state index in [0.717, 1.165) is 30.0 Å². The van der Waals surface area contributed by atoms with Gasteiger partial charge in [0.2, 0.25) is 0 Å². The number of hydrogen-bond donors (Lipinski definition) is 1. The molecule has 1 fully saturated rings. The first-order valence-electron chi connectivity index (χ1n) is 7.86. The van der Waals surface area contributed by atoms with E-state index in [2.05, 4.69) is 26.1 Å². The van der Waals surface area contributed by atoms with Crippen LogP contribution in [0.15, 0.2) is 33.6 Å². The lowest BCUT2D eigenvalue weighted by molar-refractivity contribution is 0.187. The van der Waals surface area contributed by atoms with Crippen LogP contribution in [-0.2, 0) is 9.84 Å². The van der Waals surface area contributed by atoms with Crippen molar-refractivity contribution in [2.24, 2.45) is 5.92 Å². The fraction of sp³-hybridized carbons (Fsp3) is 0.625. The van der Waals surface area contributed by atoms with Gasteiger partial charge in [-0.05, 0) is 76.1 Å². The molecule has 0 aliphatic carbocycles. The smallest absolute Gasteiger partial charge is 0.179 e. The lowest BCUT2D eigenvalue weighted by Crippen LogP contribution is -2.37. The largest absolute Gasteiger partial charge is 0.320 e. The van der Waals surface area contributed by atoms with E-state index in [-0.39, 0.29) is 18.2 Å². The SMILES string of the molecule is CNCCC1CCN(CCS(=O)(=O)c2ccc(Br)cc2)CC1.Cl. The number of hydrogen-bond acceptors (Lipinski definition) is 4. The summed E-state index contributed by atoms with van der Waals surface area (Å²) >= 11 is 3.33. The van der Waals surface area contributed by atoms with Crippen molar-refractivity contribution in [3.8, 4) is 0 Å². The Morgan fingerprint density at radius 3 is 2.39 bits per heavy atom. The van der Waals surface area contributed by atoms with E-state index in [0.29, 0.717) is 11.4 Å². The second-order valence-electron chi connectivity index (χ2n) is 5.95. The van der Waals surface area contributed by atoms with Crippen LogP contribution < -0.4 is 5.32 Å². The highest BCUT2D eigenvalue weighted by Crippen LogP contribution is 2.21. The minimum atomic E-state index is -3.18. The first-order chi connectivity index (χ1) is 10.5. The number of halogens is 2. The highest BCUT2D eigenvalue weighted by Gasteiger charge is 2.21. The fourth-order valence-corrected chi connectivity index (χ4v) is 4.41. The molecule has 0 aromatic heterocycles. The number of sulfone groups is 1. The molecule has 2 rings (SSSR count). The Labute approximate surface area is 154 Å². The molecular weight excluding hydrogens is 400 g/mol. The predicted molar refractivity (Wildman–Crippen MR) is 101 cm³/mol. The van der Waals surface area contributed by atoms with Crippen molar-refractivity contribution in [2.75, 3.05) is 39.0 Å². The Morgan fingerprint density at radius 1 is 1.22 bits per heavy atom. The van der Waals surface area contributed by atoms with Crippen LogP contribution in [-0.4, -0.2) is 52.3 Å². The molecular formula is C16H26BrClN2O2S. The molecule has 1 N–H and O–H groups in total. The molecule has 1 aliphatic heterocycles. The molecule has 1 heterocycles. The van der Waals surface area contributed by atoms with Crippen molar-refractivity contribution in [2.45, 2.75) is 24.2 Å². The van der Waals surface area contributed by atoms with E-state index >= 15 is 0 Å². The average molecular weight is 426 g/mol. The summed E-state index contributed by atoms with van der Waals surface area (Å²) in [6, 6.07) is 6.90. The van der Waals surface area contributed by atoms with Gasteiger partial charge in [-0.25, -0.2) is 8.42 Å². The highest BCUT2D eigenvalue weighted by atomic mass is 79.9. The number of nitrogens with zero attached hydrogens (tertiary/aromatic N) is 1. The van der Waals surface area contributed by atoms with Crippen LogP contribution in [0.5, 0.6) is 0 Å². The predicted octanol–water partition coefficient (Wildman–Crippen LogP) is 2.97. The molecule has 0 bridgehead atoms. The summed E-state index contributed by atoms with van der Waals surface area (Å²) in [6.07, 6.45) is 3.58. The van der Waals surface area contributed by atoms with Gasteiger partial charge in [0.05, 0.1) is 10.6 Å². The van der Waals surface area contributed by atoms with Gasteiger partial charge in [0.1, 0.15) is 0 Å². The zero-order chi connectivity index (χ0) is 16.0. The Hall–Kier alpha value is -0.140. The van der Waals surface area contributed by atoms with Crippen LogP contribution in [0.4, 0.5) is 0 Å². The van der Waals surface area contributed by atoms with Gasteiger partial charge in [-0.15, -0.1) is 12.4 Å². The van der Waals surface area contributed by atoms with E-state index in [4.69, 9.17) is 0 Å². The van der Waals surface area contributed by atoms with Crippen LogP contribution >= 0.6 is 28.3 Å². The number of likely N-dealkylation sites (tertiary alicyclic amines) is 1. The molecule has 1 aromatic rings. The van der Waals surface area contributed by atoms with Crippen molar-refractivity contribution in [3.05, 3.63) is 28.7 Å². The summed E-state index contributed by atoms with van der Waals surface area (Å²) in [7, 11) is -1.19. The molecule has 0 spiro atoms. The van der Waals surface area contributed by atoms with Crippen LogP contribution in [0, 0.1) is 5.92 Å². The van der Waals surface area contributed by atoms with E-state index < -0.39 is 9.84 Å². The molecule has 0 atom stereocenters. The van der Waals surface area contributed by atoms with Crippen molar-refractivity contribution in [1.29, 1.82) is 0 Å². The van der Waals surface area contributed by atoms with Gasteiger partial charge < -0.3 is 10.2 Å². The van der Waals surface area contributed by atoms with Crippen molar-refractivity contribution >= 4 is 38.2 Å². The topological polar surface area (TPSA) is 49.4 Å². The third-order valence-corrected chi connectivity index (χ3v) is 6.60. The van der Waals surface area contributed by atoms with E-state index in [1.807, 2.05) is 7.05 Å². The number of benzene rings is 1. The van der Waals surface area contributed by atoms with E-state index in [1.165, 1.54) is 19.3 Å². The second kappa shape index (κ2) is 9.99. The lowest BCUT2D eigenvalue weighted by atomic mass is 9.94.